The van der Waals surface area contributed by atoms with Gasteiger partial charge in [0, 0.05) is 13.2 Å². The molecule has 6 nitrogen and oxygen atoms in total. The van der Waals surface area contributed by atoms with Crippen LogP contribution in [0, 0.1) is 0 Å². The summed E-state index contributed by atoms with van der Waals surface area (Å²) in [5.41, 5.74) is 3.63. The van der Waals surface area contributed by atoms with Crippen LogP contribution in [-0.4, -0.2) is 34.5 Å². The third-order valence-corrected chi connectivity index (χ3v) is 5.26. The highest BCUT2D eigenvalue weighted by atomic mass is 35.5. The predicted octanol–water partition coefficient (Wildman–Crippen LogP) is 4.70. The van der Waals surface area contributed by atoms with Crippen molar-refractivity contribution in [2.45, 2.75) is 13.3 Å². The standard InChI is InChI=1S/C24H22ClN3O3/c1-27-13-12-21-22(20(23(27)29)14-17-8-10-19(30-2)11-9-17)28(24(25)26-21)16-31-15-18-6-4-3-5-7-18/h3-14H,15-16H2,1-2H3/b20-14+. The van der Waals surface area contributed by atoms with E-state index in [1.165, 1.54) is 4.90 Å². The lowest BCUT2D eigenvalue weighted by atomic mass is 10.1. The van der Waals surface area contributed by atoms with Crippen molar-refractivity contribution in [2.75, 3.05) is 14.2 Å². The van der Waals surface area contributed by atoms with Gasteiger partial charge in [-0.05, 0) is 47.0 Å². The molecule has 0 aliphatic carbocycles. The van der Waals surface area contributed by atoms with Crippen LogP contribution in [0.2, 0.25) is 5.28 Å². The average Bonchev–Trinajstić information content (AvgIpc) is 3.05. The van der Waals surface area contributed by atoms with Gasteiger partial charge in [-0.25, -0.2) is 4.98 Å². The van der Waals surface area contributed by atoms with Crippen molar-refractivity contribution in [2.24, 2.45) is 0 Å². The van der Waals surface area contributed by atoms with Crippen LogP contribution in [0.4, 0.5) is 0 Å². The van der Waals surface area contributed by atoms with Crippen LogP contribution in [0.15, 0.2) is 60.8 Å². The number of ether oxygens (including phenoxy) is 2. The van der Waals surface area contributed by atoms with Gasteiger partial charge < -0.3 is 14.4 Å². The highest BCUT2D eigenvalue weighted by molar-refractivity contribution is 6.30. The zero-order valence-electron chi connectivity index (χ0n) is 17.3. The Bertz CT molecular complexity index is 1130. The van der Waals surface area contributed by atoms with Crippen molar-refractivity contribution < 1.29 is 14.3 Å². The number of nitrogens with zero attached hydrogens (tertiary/aromatic N) is 3. The molecule has 0 unspecified atom stereocenters. The number of carbonyl (C=O) groups is 1. The van der Waals surface area contributed by atoms with E-state index in [1.54, 1.807) is 31.0 Å². The second-order valence-corrected chi connectivity index (χ2v) is 7.41. The first kappa shape index (κ1) is 20.9. The van der Waals surface area contributed by atoms with E-state index in [0.717, 1.165) is 16.9 Å². The fraction of sp³-hybridized carbons (Fsp3) is 0.167. The number of benzene rings is 2. The molecule has 0 saturated heterocycles. The molecular formula is C24H22ClN3O3. The maximum absolute atomic E-state index is 13.1. The third kappa shape index (κ3) is 4.55. The Morgan fingerprint density at radius 2 is 1.84 bits per heavy atom. The summed E-state index contributed by atoms with van der Waals surface area (Å²) < 4.78 is 12.8. The number of halogens is 1. The molecule has 158 valence electrons. The fourth-order valence-corrected chi connectivity index (χ4v) is 3.55. The molecule has 3 aromatic rings. The number of likely N-dealkylation sites (N-methyl/N-ethyl adjacent to an activating group) is 1. The van der Waals surface area contributed by atoms with Crippen LogP contribution in [0.25, 0.3) is 17.7 Å². The molecule has 0 spiro atoms. The van der Waals surface area contributed by atoms with Crippen molar-refractivity contribution in [3.05, 3.63) is 88.6 Å². The lowest BCUT2D eigenvalue weighted by Crippen LogP contribution is -2.22. The number of hydrogen-bond acceptors (Lipinski definition) is 4. The van der Waals surface area contributed by atoms with E-state index in [9.17, 15) is 4.79 Å². The van der Waals surface area contributed by atoms with E-state index in [-0.39, 0.29) is 17.9 Å². The van der Waals surface area contributed by atoms with Gasteiger partial charge in [0.05, 0.1) is 30.7 Å². The van der Waals surface area contributed by atoms with E-state index < -0.39 is 0 Å². The fourth-order valence-electron chi connectivity index (χ4n) is 3.33. The van der Waals surface area contributed by atoms with Gasteiger partial charge in [0.25, 0.3) is 5.91 Å². The number of amides is 1. The number of carbonyl (C=O) groups excluding carboxylic acids is 1. The minimum atomic E-state index is -0.160. The molecule has 4 rings (SSSR count). The van der Waals surface area contributed by atoms with E-state index in [4.69, 9.17) is 21.1 Å². The number of methoxy groups -OCH3 is 1. The molecule has 1 aliphatic heterocycles. The Morgan fingerprint density at radius 1 is 1.10 bits per heavy atom. The number of imidazole rings is 1. The van der Waals surface area contributed by atoms with Crippen molar-refractivity contribution >= 4 is 35.2 Å². The Hall–Kier alpha value is -3.35. The van der Waals surface area contributed by atoms with Crippen molar-refractivity contribution in [1.29, 1.82) is 0 Å². The Morgan fingerprint density at radius 3 is 2.55 bits per heavy atom. The molecule has 31 heavy (non-hydrogen) atoms. The summed E-state index contributed by atoms with van der Waals surface area (Å²) in [6.07, 6.45) is 5.30. The number of fused-ring (bicyclic) bond motifs is 1. The molecule has 1 aromatic heterocycles. The van der Waals surface area contributed by atoms with Gasteiger partial charge in [-0.15, -0.1) is 0 Å². The maximum Gasteiger partial charge on any atom is 0.259 e. The van der Waals surface area contributed by atoms with Gasteiger partial charge in [0.2, 0.25) is 5.28 Å². The normalized spacial score (nSPS) is 14.6. The summed E-state index contributed by atoms with van der Waals surface area (Å²) in [5.74, 6) is 0.586. The molecule has 1 aliphatic rings. The number of hydrogen-bond donors (Lipinski definition) is 0. The first-order valence-corrected chi connectivity index (χ1v) is 10.1. The van der Waals surface area contributed by atoms with Crippen LogP contribution < -0.4 is 4.74 Å². The zero-order valence-corrected chi connectivity index (χ0v) is 18.0. The topological polar surface area (TPSA) is 56.6 Å². The van der Waals surface area contributed by atoms with Crippen LogP contribution in [-0.2, 0) is 22.9 Å². The molecule has 0 fully saturated rings. The van der Waals surface area contributed by atoms with Crippen LogP contribution in [0.5, 0.6) is 5.75 Å². The van der Waals surface area contributed by atoms with Crippen molar-refractivity contribution in [3.8, 4) is 5.75 Å². The maximum atomic E-state index is 13.1. The Kier molecular flexibility index (Phi) is 6.21. The van der Waals surface area contributed by atoms with Gasteiger partial charge >= 0.3 is 0 Å². The van der Waals surface area contributed by atoms with Crippen LogP contribution in [0.1, 0.15) is 22.5 Å². The molecule has 0 N–H and O–H groups in total. The second-order valence-electron chi connectivity index (χ2n) is 7.07. The molecular weight excluding hydrogens is 414 g/mol. The minimum Gasteiger partial charge on any atom is -0.497 e. The van der Waals surface area contributed by atoms with E-state index >= 15 is 0 Å². The quantitative estimate of drug-likeness (QED) is 0.526. The van der Waals surface area contributed by atoms with Crippen molar-refractivity contribution in [1.82, 2.24) is 14.5 Å². The molecule has 0 bridgehead atoms. The van der Waals surface area contributed by atoms with E-state index in [0.29, 0.717) is 23.6 Å². The van der Waals surface area contributed by atoms with Gasteiger partial charge in [-0.1, -0.05) is 42.5 Å². The van der Waals surface area contributed by atoms with E-state index in [2.05, 4.69) is 4.98 Å². The largest absolute Gasteiger partial charge is 0.497 e. The molecule has 0 saturated carbocycles. The smallest absolute Gasteiger partial charge is 0.259 e. The summed E-state index contributed by atoms with van der Waals surface area (Å²) in [4.78, 5) is 19.1. The van der Waals surface area contributed by atoms with Gasteiger partial charge in [-0.2, -0.15) is 0 Å². The molecule has 0 atom stereocenters. The summed E-state index contributed by atoms with van der Waals surface area (Å²) in [6.45, 7) is 0.589. The summed E-state index contributed by atoms with van der Waals surface area (Å²) >= 11 is 6.43. The summed E-state index contributed by atoms with van der Waals surface area (Å²) in [6, 6.07) is 17.4. The molecule has 2 heterocycles. The first-order valence-electron chi connectivity index (χ1n) is 9.76. The SMILES string of the molecule is COc1ccc(/C=C2/C(=O)N(C)C=Cc3nc(Cl)n(COCc4ccccc4)c32)cc1. The number of aromatic nitrogens is 2. The lowest BCUT2D eigenvalue weighted by Gasteiger charge is -2.16. The van der Waals surface area contributed by atoms with Gasteiger partial charge in [0.15, 0.2) is 0 Å². The molecule has 1 amide bonds. The van der Waals surface area contributed by atoms with E-state index in [1.807, 2.05) is 60.7 Å². The summed E-state index contributed by atoms with van der Waals surface area (Å²) in [5, 5.41) is 0.265. The minimum absolute atomic E-state index is 0.160. The first-order chi connectivity index (χ1) is 15.1. The highest BCUT2D eigenvalue weighted by Gasteiger charge is 2.27. The monoisotopic (exact) mass is 435 g/mol. The Labute approximate surface area is 186 Å². The van der Waals surface area contributed by atoms with Gasteiger partial charge in [0.1, 0.15) is 12.5 Å². The highest BCUT2D eigenvalue weighted by Crippen LogP contribution is 2.31. The van der Waals surface area contributed by atoms with Crippen LogP contribution in [0.3, 0.4) is 0 Å². The zero-order chi connectivity index (χ0) is 21.8. The molecule has 0 radical (unpaired) electrons. The second kappa shape index (κ2) is 9.20. The Balaban J connectivity index is 1.70. The predicted molar refractivity (Wildman–Crippen MR) is 121 cm³/mol. The van der Waals surface area contributed by atoms with Gasteiger partial charge in [-0.3, -0.25) is 9.36 Å². The third-order valence-electron chi connectivity index (χ3n) is 4.97. The average molecular weight is 436 g/mol. The van der Waals surface area contributed by atoms with Crippen LogP contribution >= 0.6 is 11.6 Å². The summed E-state index contributed by atoms with van der Waals surface area (Å²) in [7, 11) is 3.33. The molecule has 7 heteroatoms. The number of rotatable bonds is 6. The molecule has 2 aromatic carbocycles. The van der Waals surface area contributed by atoms with Crippen molar-refractivity contribution in [3.63, 3.8) is 0 Å². The lowest BCUT2D eigenvalue weighted by molar-refractivity contribution is -0.121.